The second-order valence-corrected chi connectivity index (χ2v) is 9.42. The van der Waals surface area contributed by atoms with Crippen LogP contribution in [0.3, 0.4) is 0 Å². The molecule has 0 spiro atoms. The molecule has 0 atom stereocenters. The first-order chi connectivity index (χ1) is 13.9. The highest BCUT2D eigenvalue weighted by Gasteiger charge is 2.23. The van der Waals surface area contributed by atoms with Crippen LogP contribution in [0.15, 0.2) is 12.1 Å². The van der Waals surface area contributed by atoms with E-state index in [9.17, 15) is 0 Å². The number of nitrogens with zero attached hydrogens (tertiary/aromatic N) is 2. The number of rotatable bonds is 7. The SMILES string of the molecule is COc1cc2c3c(c(NC(C)(C)C)nc2cc1OCCCN1CCCC1)CCC3. The highest BCUT2D eigenvalue weighted by Crippen LogP contribution is 2.39. The number of methoxy groups -OCH3 is 1. The van der Waals surface area contributed by atoms with E-state index in [0.717, 1.165) is 48.6 Å². The molecule has 1 aromatic carbocycles. The van der Waals surface area contributed by atoms with Crippen LogP contribution in [-0.2, 0) is 12.8 Å². The van der Waals surface area contributed by atoms with E-state index in [1.807, 2.05) is 0 Å². The number of ether oxygens (including phenoxy) is 2. The fourth-order valence-corrected chi connectivity index (χ4v) is 4.58. The van der Waals surface area contributed by atoms with Gasteiger partial charge in [-0.1, -0.05) is 0 Å². The van der Waals surface area contributed by atoms with Crippen LogP contribution in [0.25, 0.3) is 10.9 Å². The molecule has 2 heterocycles. The topological polar surface area (TPSA) is 46.6 Å². The maximum Gasteiger partial charge on any atom is 0.163 e. The molecule has 1 aliphatic heterocycles. The second kappa shape index (κ2) is 8.39. The van der Waals surface area contributed by atoms with Crippen LogP contribution in [0.5, 0.6) is 11.5 Å². The van der Waals surface area contributed by atoms with E-state index >= 15 is 0 Å². The zero-order valence-corrected chi connectivity index (χ0v) is 18.4. The molecule has 0 saturated carbocycles. The molecule has 2 aromatic rings. The van der Waals surface area contributed by atoms with Crippen molar-refractivity contribution in [1.29, 1.82) is 0 Å². The fourth-order valence-electron chi connectivity index (χ4n) is 4.58. The van der Waals surface area contributed by atoms with Crippen LogP contribution < -0.4 is 14.8 Å². The van der Waals surface area contributed by atoms with E-state index in [1.54, 1.807) is 7.11 Å². The van der Waals surface area contributed by atoms with Gasteiger partial charge >= 0.3 is 0 Å². The van der Waals surface area contributed by atoms with Crippen molar-refractivity contribution < 1.29 is 9.47 Å². The van der Waals surface area contributed by atoms with E-state index in [-0.39, 0.29) is 5.54 Å². The standard InChI is InChI=1S/C24H35N3O2/c1-24(2,3)26-23-18-10-7-9-17(18)19-15-21(28-4)22(16-20(19)25-23)29-14-8-13-27-11-5-6-12-27/h15-16H,5-14H2,1-4H3,(H,25,26). The maximum absolute atomic E-state index is 6.14. The minimum Gasteiger partial charge on any atom is -0.493 e. The van der Waals surface area contributed by atoms with Crippen molar-refractivity contribution in [2.45, 2.75) is 64.8 Å². The zero-order chi connectivity index (χ0) is 20.4. The lowest BCUT2D eigenvalue weighted by Gasteiger charge is -2.24. The number of pyridine rings is 1. The van der Waals surface area contributed by atoms with Crippen LogP contribution in [0.2, 0.25) is 0 Å². The van der Waals surface area contributed by atoms with Gasteiger partial charge in [0.15, 0.2) is 11.5 Å². The number of aromatic nitrogens is 1. The molecule has 0 radical (unpaired) electrons. The summed E-state index contributed by atoms with van der Waals surface area (Å²) in [5.41, 5.74) is 3.76. The van der Waals surface area contributed by atoms with E-state index in [2.05, 4.69) is 43.1 Å². The summed E-state index contributed by atoms with van der Waals surface area (Å²) in [6.07, 6.45) is 7.09. The predicted octanol–water partition coefficient (Wildman–Crippen LogP) is 4.81. The summed E-state index contributed by atoms with van der Waals surface area (Å²) in [5.74, 6) is 2.64. The summed E-state index contributed by atoms with van der Waals surface area (Å²) in [5, 5.41) is 4.82. The Balaban J connectivity index is 1.58. The van der Waals surface area contributed by atoms with Crippen molar-refractivity contribution in [3.05, 3.63) is 23.3 Å². The van der Waals surface area contributed by atoms with Crippen LogP contribution >= 0.6 is 0 Å². The molecule has 158 valence electrons. The Morgan fingerprint density at radius 3 is 2.52 bits per heavy atom. The zero-order valence-electron chi connectivity index (χ0n) is 18.4. The number of aryl methyl sites for hydroxylation is 1. The number of benzene rings is 1. The van der Waals surface area contributed by atoms with Crippen molar-refractivity contribution in [2.75, 3.05) is 38.7 Å². The van der Waals surface area contributed by atoms with Crippen LogP contribution in [-0.4, -0.2) is 48.8 Å². The summed E-state index contributed by atoms with van der Waals surface area (Å²) in [4.78, 5) is 7.53. The number of fused-ring (bicyclic) bond motifs is 3. The number of anilines is 1. The van der Waals surface area contributed by atoms with Gasteiger partial charge in [-0.05, 0) is 89.6 Å². The largest absolute Gasteiger partial charge is 0.493 e. The number of nitrogens with one attached hydrogen (secondary N) is 1. The summed E-state index contributed by atoms with van der Waals surface area (Å²) >= 11 is 0. The summed E-state index contributed by atoms with van der Waals surface area (Å²) in [6, 6.07) is 4.19. The number of hydrogen-bond donors (Lipinski definition) is 1. The maximum atomic E-state index is 6.14. The summed E-state index contributed by atoms with van der Waals surface area (Å²) < 4.78 is 11.8. The smallest absolute Gasteiger partial charge is 0.163 e. The number of hydrogen-bond acceptors (Lipinski definition) is 5. The molecule has 1 saturated heterocycles. The average molecular weight is 398 g/mol. The lowest BCUT2D eigenvalue weighted by atomic mass is 10.0. The van der Waals surface area contributed by atoms with Gasteiger partial charge in [-0.25, -0.2) is 4.98 Å². The average Bonchev–Trinajstić information content (AvgIpc) is 3.35. The Morgan fingerprint density at radius 2 is 1.79 bits per heavy atom. The Kier molecular flexibility index (Phi) is 5.86. The molecule has 1 N–H and O–H groups in total. The van der Waals surface area contributed by atoms with Gasteiger partial charge in [0.05, 0.1) is 19.2 Å². The molecular weight excluding hydrogens is 362 g/mol. The lowest BCUT2D eigenvalue weighted by molar-refractivity contribution is 0.254. The van der Waals surface area contributed by atoms with Crippen molar-refractivity contribution >= 4 is 16.7 Å². The van der Waals surface area contributed by atoms with Crippen molar-refractivity contribution in [2.24, 2.45) is 0 Å². The molecule has 1 aliphatic carbocycles. The van der Waals surface area contributed by atoms with E-state index in [0.29, 0.717) is 6.61 Å². The molecule has 0 amide bonds. The molecule has 0 unspecified atom stereocenters. The predicted molar refractivity (Wildman–Crippen MR) is 119 cm³/mol. The van der Waals surface area contributed by atoms with Gasteiger partial charge in [-0.3, -0.25) is 0 Å². The van der Waals surface area contributed by atoms with E-state index < -0.39 is 0 Å². The minimum atomic E-state index is -0.0155. The van der Waals surface area contributed by atoms with E-state index in [1.165, 1.54) is 48.9 Å². The third kappa shape index (κ3) is 4.61. The molecule has 0 bridgehead atoms. The van der Waals surface area contributed by atoms with Crippen LogP contribution in [0.1, 0.15) is 57.6 Å². The Bertz CT molecular complexity index is 867. The molecule has 1 aromatic heterocycles. The molecule has 5 nitrogen and oxygen atoms in total. The molecular formula is C24H35N3O2. The molecule has 2 aliphatic rings. The number of likely N-dealkylation sites (tertiary alicyclic amines) is 1. The molecule has 29 heavy (non-hydrogen) atoms. The van der Waals surface area contributed by atoms with E-state index in [4.69, 9.17) is 14.5 Å². The van der Waals surface area contributed by atoms with Crippen LogP contribution in [0, 0.1) is 0 Å². The molecule has 5 heteroatoms. The van der Waals surface area contributed by atoms with Gasteiger partial charge in [0, 0.05) is 23.5 Å². The van der Waals surface area contributed by atoms with Gasteiger partial charge in [-0.2, -0.15) is 0 Å². The molecule has 4 rings (SSSR count). The fraction of sp³-hybridized carbons (Fsp3) is 0.625. The first-order valence-electron chi connectivity index (χ1n) is 11.1. The van der Waals surface area contributed by atoms with Gasteiger partial charge in [0.2, 0.25) is 0 Å². The molecule has 1 fully saturated rings. The second-order valence-electron chi connectivity index (χ2n) is 9.42. The Labute approximate surface area is 174 Å². The van der Waals surface area contributed by atoms with Crippen molar-refractivity contribution in [3.8, 4) is 11.5 Å². The minimum absolute atomic E-state index is 0.0155. The Morgan fingerprint density at radius 1 is 1.03 bits per heavy atom. The lowest BCUT2D eigenvalue weighted by Crippen LogP contribution is -2.27. The quantitative estimate of drug-likeness (QED) is 0.680. The first kappa shape index (κ1) is 20.3. The van der Waals surface area contributed by atoms with Crippen LogP contribution in [0.4, 0.5) is 5.82 Å². The van der Waals surface area contributed by atoms with Gasteiger partial charge in [0.1, 0.15) is 5.82 Å². The third-order valence-corrected chi connectivity index (χ3v) is 5.91. The summed E-state index contributed by atoms with van der Waals surface area (Å²) in [6.45, 7) is 10.8. The normalized spacial score (nSPS) is 17.0. The van der Waals surface area contributed by atoms with Gasteiger partial charge in [-0.15, -0.1) is 0 Å². The summed E-state index contributed by atoms with van der Waals surface area (Å²) in [7, 11) is 1.72. The highest BCUT2D eigenvalue weighted by molar-refractivity contribution is 5.89. The van der Waals surface area contributed by atoms with Crippen molar-refractivity contribution in [1.82, 2.24) is 9.88 Å². The Hall–Kier alpha value is -2.01. The third-order valence-electron chi connectivity index (χ3n) is 5.91. The monoisotopic (exact) mass is 397 g/mol. The van der Waals surface area contributed by atoms with Gasteiger partial charge in [0.25, 0.3) is 0 Å². The highest BCUT2D eigenvalue weighted by atomic mass is 16.5. The first-order valence-corrected chi connectivity index (χ1v) is 11.1. The van der Waals surface area contributed by atoms with Crippen molar-refractivity contribution in [3.63, 3.8) is 0 Å². The van der Waals surface area contributed by atoms with Gasteiger partial charge < -0.3 is 19.7 Å².